The van der Waals surface area contributed by atoms with Gasteiger partial charge in [0.25, 0.3) is 35.9 Å². The molecule has 0 spiro atoms. The summed E-state index contributed by atoms with van der Waals surface area (Å²) < 4.78 is 118. The van der Waals surface area contributed by atoms with Crippen LogP contribution in [0.2, 0.25) is 0 Å². The van der Waals surface area contributed by atoms with Crippen LogP contribution in [0.4, 0.5) is 29.0 Å². The molecule has 0 fully saturated rings. The molecule has 74 heavy (non-hydrogen) atoms. The van der Waals surface area contributed by atoms with Crippen LogP contribution in [-0.2, 0) is 30.4 Å². The minimum Gasteiger partial charge on any atom is -0.478 e. The molecule has 5 aromatic carbocycles. The predicted octanol–water partition coefficient (Wildman–Crippen LogP) is 3.39. The van der Waals surface area contributed by atoms with E-state index in [4.69, 9.17) is 4.74 Å². The minimum absolute atomic E-state index is 0.0148. The molecule has 1 aliphatic carbocycles. The lowest BCUT2D eigenvalue weighted by molar-refractivity contribution is 0.0695. The molecule has 7 aromatic rings. The van der Waals surface area contributed by atoms with Crippen LogP contribution >= 0.6 is 0 Å². The molecule has 0 saturated heterocycles. The lowest BCUT2D eigenvalue weighted by atomic mass is 9.80. The van der Waals surface area contributed by atoms with Gasteiger partial charge < -0.3 is 45.3 Å². The second-order valence-corrected chi connectivity index (χ2v) is 20.0. The Morgan fingerprint density at radius 2 is 1.20 bits per heavy atom. The maximum atomic E-state index is 14.7. The number of rotatable bonds is 18. The zero-order valence-corrected chi connectivity index (χ0v) is 39.9. The van der Waals surface area contributed by atoms with E-state index in [2.05, 4.69) is 25.3 Å². The predicted molar refractivity (Wildman–Crippen MR) is 257 cm³/mol. The van der Waals surface area contributed by atoms with E-state index in [9.17, 15) is 83.3 Å². The first-order chi connectivity index (χ1) is 34.8. The number of H-pyrrole nitrogens is 1. The van der Waals surface area contributed by atoms with E-state index in [1.165, 1.54) is 48.5 Å². The molecule has 0 radical (unpaired) electrons. The molecule has 2 aromatic heterocycles. The average molecular weight is 1070 g/mol. The fourth-order valence-electron chi connectivity index (χ4n) is 8.06. The van der Waals surface area contributed by atoms with E-state index in [1.54, 1.807) is 6.07 Å². The van der Waals surface area contributed by atoms with Gasteiger partial charge in [-0.1, -0.05) is 54.6 Å². The lowest BCUT2D eigenvalue weighted by Crippen LogP contribution is -2.32. The number of fused-ring (bicyclic) bond motifs is 2. The Balaban J connectivity index is 1.37. The number of hydrogen-bond acceptors (Lipinski definition) is 20. The number of ketones is 2. The highest BCUT2D eigenvalue weighted by Crippen LogP contribution is 2.47. The van der Waals surface area contributed by atoms with Crippen LogP contribution in [0.3, 0.4) is 0 Å². The molecule has 0 saturated carbocycles. The highest BCUT2D eigenvalue weighted by molar-refractivity contribution is 7.86. The van der Waals surface area contributed by atoms with Crippen molar-refractivity contribution < 1.29 is 83.3 Å². The number of nitrogens with zero attached hydrogens (tertiary/aromatic N) is 5. The largest absolute Gasteiger partial charge is 0.478 e. The quantitative estimate of drug-likeness (QED) is 0.0439. The van der Waals surface area contributed by atoms with Gasteiger partial charge in [-0.3, -0.25) is 28.0 Å². The number of carboxylic acid groups (broad SMARTS) is 2. The van der Waals surface area contributed by atoms with Gasteiger partial charge >= 0.3 is 17.9 Å². The van der Waals surface area contributed by atoms with E-state index in [0.29, 0.717) is 23.1 Å². The van der Waals surface area contributed by atoms with Crippen LogP contribution < -0.4 is 25.4 Å². The Hall–Kier alpha value is -8.55. The Kier molecular flexibility index (Phi) is 13.6. The molecule has 0 bridgehead atoms. The Labute approximate surface area is 416 Å². The summed E-state index contributed by atoms with van der Waals surface area (Å²) in [5.41, 5.74) is -7.21. The summed E-state index contributed by atoms with van der Waals surface area (Å²) in [4.78, 5) is 79.5. The summed E-state index contributed by atoms with van der Waals surface area (Å²) >= 11 is 0. The van der Waals surface area contributed by atoms with Crippen LogP contribution in [0.25, 0.3) is 22.0 Å². The number of aromatic nitrogens is 4. The van der Waals surface area contributed by atoms with Gasteiger partial charge in [-0.2, -0.15) is 40.2 Å². The van der Waals surface area contributed by atoms with E-state index < -0.39 is 161 Å². The standard InChI is InChI=1S/C45H35N7O19S3/c1-51(43-48-44(52(11-13-53)12-14-54)50-45(49-43)71-24-16-22(41(58)59)15-23(17-24)42(60)61)29-20-30(72(62,63)64)27(18-31(29)73(65,66)67)46-28-19-32(74(68,69)70)37-35-33(25-9-5-6-10-26(25)39(56)34(28)35)36(40(57)47-37)38(55)21-7-3-2-4-8-21/h2-10,15-20,46,53-54H,11-14H2,1H3,(H,47,57)(H,58,59)(H,60,61)(H,62,63,64)(H,65,66,67)(H,68,69,70). The number of benzene rings is 5. The molecule has 0 amide bonds. The number of pyridine rings is 1. The number of carbonyl (C=O) groups is 4. The summed E-state index contributed by atoms with van der Waals surface area (Å²) in [6, 6.07) is 16.1. The topological polar surface area (TPSA) is 412 Å². The van der Waals surface area contributed by atoms with Crippen LogP contribution in [0.5, 0.6) is 11.8 Å². The van der Waals surface area contributed by atoms with E-state index >= 15 is 0 Å². The maximum Gasteiger partial charge on any atom is 0.335 e. The maximum absolute atomic E-state index is 14.7. The van der Waals surface area contributed by atoms with Gasteiger partial charge in [0.2, 0.25) is 11.9 Å². The monoisotopic (exact) mass is 1070 g/mol. The van der Waals surface area contributed by atoms with Crippen molar-refractivity contribution in [2.24, 2.45) is 0 Å². The number of aromatic amines is 1. The number of anilines is 5. The van der Waals surface area contributed by atoms with Gasteiger partial charge in [-0.25, -0.2) is 9.59 Å². The summed E-state index contributed by atoms with van der Waals surface area (Å²) in [5, 5.41) is 40.8. The molecule has 9 N–H and O–H groups in total. The molecule has 0 atom stereocenters. The third kappa shape index (κ3) is 9.86. The van der Waals surface area contributed by atoms with Crippen LogP contribution in [0, 0.1) is 0 Å². The van der Waals surface area contributed by atoms with Gasteiger partial charge in [0, 0.05) is 42.2 Å². The van der Waals surface area contributed by atoms with Crippen molar-refractivity contribution in [3.63, 3.8) is 0 Å². The summed E-state index contributed by atoms with van der Waals surface area (Å²) in [5.74, 6) is -6.60. The zero-order valence-electron chi connectivity index (χ0n) is 37.5. The minimum atomic E-state index is -5.62. The van der Waals surface area contributed by atoms with Crippen molar-refractivity contribution in [3.05, 3.63) is 135 Å². The molecule has 0 aliphatic heterocycles. The molecular formula is C45H35N7O19S3. The van der Waals surface area contributed by atoms with Crippen molar-refractivity contribution >= 4 is 93.7 Å². The number of ether oxygens (including phenoxy) is 1. The number of aromatic carboxylic acids is 2. The van der Waals surface area contributed by atoms with E-state index in [-0.39, 0.29) is 35.3 Å². The highest BCUT2D eigenvalue weighted by atomic mass is 32.2. The van der Waals surface area contributed by atoms with Crippen LogP contribution in [-0.4, -0.2) is 136 Å². The number of aliphatic hydroxyl groups is 2. The molecule has 8 rings (SSSR count). The Morgan fingerprint density at radius 1 is 0.649 bits per heavy atom. The van der Waals surface area contributed by atoms with Gasteiger partial charge in [-0.05, 0) is 42.0 Å². The number of carbonyl (C=O) groups excluding carboxylic acids is 2. The Morgan fingerprint density at radius 3 is 1.77 bits per heavy atom. The first-order valence-electron chi connectivity index (χ1n) is 21.0. The smallest absolute Gasteiger partial charge is 0.335 e. The lowest BCUT2D eigenvalue weighted by Gasteiger charge is -2.26. The average Bonchev–Trinajstić information content (AvgIpc) is 3.34. The molecule has 382 valence electrons. The second-order valence-electron chi connectivity index (χ2n) is 15.9. The normalized spacial score (nSPS) is 12.3. The third-order valence-electron chi connectivity index (χ3n) is 11.2. The van der Waals surface area contributed by atoms with Crippen molar-refractivity contribution in [3.8, 4) is 22.9 Å². The number of nitrogens with one attached hydrogen (secondary N) is 2. The fourth-order valence-corrected chi connectivity index (χ4v) is 10.1. The van der Waals surface area contributed by atoms with Gasteiger partial charge in [0.15, 0.2) is 11.6 Å². The SMILES string of the molecule is CN(c1nc(Oc2cc(C(=O)O)cc(C(=O)O)c2)nc(N(CCO)CCO)n1)c1cc(S(=O)(=O)O)c(Nc2cc(S(=O)(=O)O)c3[nH]c(=O)c(C(=O)c4ccccc4)c4c3c2C(=O)c2ccccc2-4)cc1S(=O)(=O)O. The highest BCUT2D eigenvalue weighted by Gasteiger charge is 2.37. The van der Waals surface area contributed by atoms with E-state index in [0.717, 1.165) is 30.1 Å². The Bertz CT molecular complexity index is 3930. The van der Waals surface area contributed by atoms with E-state index in [1.807, 2.05) is 0 Å². The van der Waals surface area contributed by atoms with Gasteiger partial charge in [0.1, 0.15) is 20.4 Å². The molecule has 29 heteroatoms. The van der Waals surface area contributed by atoms with Crippen LogP contribution in [0.1, 0.15) is 52.6 Å². The third-order valence-corrected chi connectivity index (χ3v) is 13.9. The molecule has 26 nitrogen and oxygen atoms in total. The molecular weight excluding hydrogens is 1040 g/mol. The fraction of sp³-hybridized carbons (Fsp3) is 0.111. The summed E-state index contributed by atoms with van der Waals surface area (Å²) in [7, 11) is -15.7. The zero-order chi connectivity index (χ0) is 53.8. The molecule has 2 heterocycles. The first kappa shape index (κ1) is 51.8. The van der Waals surface area contributed by atoms with Crippen molar-refractivity contribution in [2.45, 2.75) is 14.7 Å². The second kappa shape index (κ2) is 19.5. The number of aliphatic hydroxyl groups excluding tert-OH is 2. The molecule has 1 aliphatic rings. The van der Waals surface area contributed by atoms with Gasteiger partial charge in [-0.15, -0.1) is 0 Å². The first-order valence-corrected chi connectivity index (χ1v) is 25.3. The summed E-state index contributed by atoms with van der Waals surface area (Å²) in [6.45, 7) is -1.74. The number of hydrogen-bond donors (Lipinski definition) is 9. The van der Waals surface area contributed by atoms with Crippen molar-refractivity contribution in [1.82, 2.24) is 19.9 Å². The van der Waals surface area contributed by atoms with Crippen molar-refractivity contribution in [2.75, 3.05) is 48.5 Å². The van der Waals surface area contributed by atoms with Crippen LogP contribution in [0.15, 0.2) is 110 Å². The van der Waals surface area contributed by atoms with Crippen molar-refractivity contribution in [1.29, 1.82) is 0 Å². The number of carboxylic acids is 2. The summed E-state index contributed by atoms with van der Waals surface area (Å²) in [6.07, 6.45) is 0. The van der Waals surface area contributed by atoms with Gasteiger partial charge in [0.05, 0.1) is 58.0 Å². The molecule has 0 unspecified atom stereocenters.